The SMILES string of the molecule is c1ccc(-c2cc(-c3cc(-c4ccc5[nH]ccc5c4)cc(-c4ccc5ccc6ccccc6c5c4)c3)cc(-c3ccccc3)n2)cc1. The molecule has 0 amide bonds. The summed E-state index contributed by atoms with van der Waals surface area (Å²) in [6.45, 7) is 0. The Kier molecular flexibility index (Phi) is 6.50. The Morgan fingerprint density at radius 3 is 1.55 bits per heavy atom. The van der Waals surface area contributed by atoms with Crippen molar-refractivity contribution >= 4 is 32.4 Å². The van der Waals surface area contributed by atoms with Crippen molar-refractivity contribution in [2.75, 3.05) is 0 Å². The van der Waals surface area contributed by atoms with Crippen molar-refractivity contribution in [1.82, 2.24) is 9.97 Å². The molecule has 0 atom stereocenters. The van der Waals surface area contributed by atoms with E-state index >= 15 is 0 Å². The molecule has 47 heavy (non-hydrogen) atoms. The molecule has 2 heterocycles. The van der Waals surface area contributed by atoms with Crippen molar-refractivity contribution in [3.63, 3.8) is 0 Å². The zero-order chi connectivity index (χ0) is 31.2. The molecular formula is C45H30N2. The molecule has 0 aliphatic rings. The Morgan fingerprint density at radius 2 is 0.851 bits per heavy atom. The number of benzene rings is 7. The molecule has 0 bridgehead atoms. The molecule has 0 aliphatic carbocycles. The van der Waals surface area contributed by atoms with E-state index in [2.05, 4.69) is 175 Å². The topological polar surface area (TPSA) is 28.7 Å². The van der Waals surface area contributed by atoms with Crippen LogP contribution in [0, 0.1) is 0 Å². The lowest BCUT2D eigenvalue weighted by Gasteiger charge is -2.15. The summed E-state index contributed by atoms with van der Waals surface area (Å²) < 4.78 is 0. The van der Waals surface area contributed by atoms with Gasteiger partial charge in [0.15, 0.2) is 0 Å². The number of pyridine rings is 1. The first-order chi connectivity index (χ1) is 23.2. The summed E-state index contributed by atoms with van der Waals surface area (Å²) in [6.07, 6.45) is 2.00. The number of rotatable bonds is 5. The number of aromatic amines is 1. The molecule has 2 heteroatoms. The quantitative estimate of drug-likeness (QED) is 0.196. The highest BCUT2D eigenvalue weighted by Crippen LogP contribution is 2.38. The molecule has 0 saturated heterocycles. The number of aromatic nitrogens is 2. The van der Waals surface area contributed by atoms with Crippen LogP contribution in [-0.4, -0.2) is 9.97 Å². The first-order valence-electron chi connectivity index (χ1n) is 16.0. The molecule has 0 aliphatic heterocycles. The molecule has 0 spiro atoms. The number of fused-ring (bicyclic) bond motifs is 4. The summed E-state index contributed by atoms with van der Waals surface area (Å²) in [5, 5.41) is 6.24. The average Bonchev–Trinajstić information content (AvgIpc) is 3.63. The second kappa shape index (κ2) is 11.3. The fourth-order valence-electron chi connectivity index (χ4n) is 6.75. The van der Waals surface area contributed by atoms with Crippen LogP contribution in [0.5, 0.6) is 0 Å². The first kappa shape index (κ1) is 27.1. The van der Waals surface area contributed by atoms with Gasteiger partial charge in [-0.05, 0) is 115 Å². The Balaban J connectivity index is 1.28. The van der Waals surface area contributed by atoms with Crippen molar-refractivity contribution in [3.8, 4) is 55.9 Å². The number of H-pyrrole nitrogens is 1. The van der Waals surface area contributed by atoms with Crippen LogP contribution >= 0.6 is 0 Å². The minimum Gasteiger partial charge on any atom is -0.361 e. The second-order valence-electron chi connectivity index (χ2n) is 12.2. The Bertz CT molecular complexity index is 2500. The summed E-state index contributed by atoms with van der Waals surface area (Å²) in [5.74, 6) is 0. The Labute approximate surface area is 273 Å². The van der Waals surface area contributed by atoms with Gasteiger partial charge >= 0.3 is 0 Å². The molecule has 2 nitrogen and oxygen atoms in total. The molecule has 1 N–H and O–H groups in total. The van der Waals surface area contributed by atoms with Crippen molar-refractivity contribution in [3.05, 3.63) is 176 Å². The normalized spacial score (nSPS) is 11.4. The minimum atomic E-state index is 0.958. The standard InChI is InChI=1S/C45H30N2/c1-3-10-32(11-4-1)44-28-40(29-45(47-44)33-12-5-2-6-13-33)39-25-37(34-19-20-43-36(23-34)21-22-46-43)24-38(26-39)35-18-17-31-16-15-30-9-7-8-14-41(30)42(31)27-35/h1-29,46H. The van der Waals surface area contributed by atoms with Crippen LogP contribution in [0.15, 0.2) is 176 Å². The van der Waals surface area contributed by atoms with Gasteiger partial charge in [-0.3, -0.25) is 0 Å². The molecule has 9 rings (SSSR count). The molecule has 0 saturated carbocycles. The fourth-order valence-corrected chi connectivity index (χ4v) is 6.75. The van der Waals surface area contributed by atoms with Crippen molar-refractivity contribution in [1.29, 1.82) is 0 Å². The molecule has 9 aromatic rings. The van der Waals surface area contributed by atoms with Gasteiger partial charge in [-0.25, -0.2) is 4.98 Å². The van der Waals surface area contributed by atoms with Gasteiger partial charge in [0, 0.05) is 22.8 Å². The van der Waals surface area contributed by atoms with Crippen LogP contribution in [0.25, 0.3) is 88.3 Å². The summed E-state index contributed by atoms with van der Waals surface area (Å²) in [4.78, 5) is 8.49. The van der Waals surface area contributed by atoms with Crippen LogP contribution in [-0.2, 0) is 0 Å². The summed E-state index contributed by atoms with van der Waals surface area (Å²) >= 11 is 0. The summed E-state index contributed by atoms with van der Waals surface area (Å²) in [5.41, 5.74) is 12.3. The van der Waals surface area contributed by atoms with Crippen molar-refractivity contribution in [2.45, 2.75) is 0 Å². The van der Waals surface area contributed by atoms with Crippen LogP contribution < -0.4 is 0 Å². The molecule has 7 aromatic carbocycles. The highest BCUT2D eigenvalue weighted by molar-refractivity contribution is 6.08. The third kappa shape index (κ3) is 5.07. The van der Waals surface area contributed by atoms with Gasteiger partial charge in [-0.15, -0.1) is 0 Å². The lowest BCUT2D eigenvalue weighted by Crippen LogP contribution is -1.92. The molecule has 0 unspecified atom stereocenters. The van der Waals surface area contributed by atoms with Gasteiger partial charge in [0.05, 0.1) is 11.4 Å². The van der Waals surface area contributed by atoms with Gasteiger partial charge in [0.1, 0.15) is 0 Å². The van der Waals surface area contributed by atoms with Gasteiger partial charge in [0.2, 0.25) is 0 Å². The highest BCUT2D eigenvalue weighted by Gasteiger charge is 2.13. The smallest absolute Gasteiger partial charge is 0.0715 e. The summed E-state index contributed by atoms with van der Waals surface area (Å²) in [7, 11) is 0. The number of nitrogens with one attached hydrogen (secondary N) is 1. The molecule has 0 fully saturated rings. The van der Waals surface area contributed by atoms with E-state index in [1.165, 1.54) is 49.2 Å². The third-order valence-electron chi connectivity index (χ3n) is 9.20. The number of hydrogen-bond acceptors (Lipinski definition) is 1. The minimum absolute atomic E-state index is 0.958. The van der Waals surface area contributed by atoms with Crippen LogP contribution in [0.1, 0.15) is 0 Å². The van der Waals surface area contributed by atoms with Gasteiger partial charge < -0.3 is 4.98 Å². The van der Waals surface area contributed by atoms with E-state index in [9.17, 15) is 0 Å². The lowest BCUT2D eigenvalue weighted by atomic mass is 9.91. The number of hydrogen-bond donors (Lipinski definition) is 1. The van der Waals surface area contributed by atoms with E-state index < -0.39 is 0 Å². The fraction of sp³-hybridized carbons (Fsp3) is 0. The maximum atomic E-state index is 5.15. The van der Waals surface area contributed by atoms with Crippen molar-refractivity contribution in [2.24, 2.45) is 0 Å². The zero-order valence-electron chi connectivity index (χ0n) is 25.7. The molecule has 0 radical (unpaired) electrons. The van der Waals surface area contributed by atoms with E-state index in [4.69, 9.17) is 4.98 Å². The lowest BCUT2D eigenvalue weighted by molar-refractivity contribution is 1.32. The van der Waals surface area contributed by atoms with E-state index in [1.807, 2.05) is 6.20 Å². The maximum Gasteiger partial charge on any atom is 0.0715 e. The van der Waals surface area contributed by atoms with Gasteiger partial charge in [-0.2, -0.15) is 0 Å². The maximum absolute atomic E-state index is 5.15. The van der Waals surface area contributed by atoms with Crippen LogP contribution in [0.2, 0.25) is 0 Å². The predicted molar refractivity (Wildman–Crippen MR) is 198 cm³/mol. The van der Waals surface area contributed by atoms with E-state index in [1.54, 1.807) is 0 Å². The average molecular weight is 599 g/mol. The highest BCUT2D eigenvalue weighted by atomic mass is 14.7. The van der Waals surface area contributed by atoms with Crippen LogP contribution in [0.3, 0.4) is 0 Å². The second-order valence-corrected chi connectivity index (χ2v) is 12.2. The largest absolute Gasteiger partial charge is 0.361 e. The van der Waals surface area contributed by atoms with Gasteiger partial charge in [0.25, 0.3) is 0 Å². The van der Waals surface area contributed by atoms with Gasteiger partial charge in [-0.1, -0.05) is 115 Å². The van der Waals surface area contributed by atoms with E-state index in [0.717, 1.165) is 39.2 Å². The monoisotopic (exact) mass is 598 g/mol. The Hall–Kier alpha value is -6.25. The first-order valence-corrected chi connectivity index (χ1v) is 16.0. The summed E-state index contributed by atoms with van der Waals surface area (Å²) in [6, 6.07) is 61.1. The predicted octanol–water partition coefficient (Wildman–Crippen LogP) is 12.2. The molecular weight excluding hydrogens is 569 g/mol. The van der Waals surface area contributed by atoms with E-state index in [0.29, 0.717) is 0 Å². The third-order valence-corrected chi connectivity index (χ3v) is 9.20. The number of nitrogens with zero attached hydrogens (tertiary/aromatic N) is 1. The Morgan fingerprint density at radius 1 is 0.319 bits per heavy atom. The van der Waals surface area contributed by atoms with Crippen molar-refractivity contribution < 1.29 is 0 Å². The molecule has 220 valence electrons. The van der Waals surface area contributed by atoms with Crippen LogP contribution in [0.4, 0.5) is 0 Å². The van der Waals surface area contributed by atoms with E-state index in [-0.39, 0.29) is 0 Å². The zero-order valence-corrected chi connectivity index (χ0v) is 25.7. The molecule has 2 aromatic heterocycles.